The van der Waals surface area contributed by atoms with E-state index in [0.29, 0.717) is 41.3 Å². The fourth-order valence-electron chi connectivity index (χ4n) is 3.85. The average molecular weight is 422 g/mol. The number of likely N-dealkylation sites (N-methyl/N-ethyl adjacent to an activating group) is 1. The maximum Gasteiger partial charge on any atom is 0.282 e. The molecule has 1 N–H and O–H groups in total. The summed E-state index contributed by atoms with van der Waals surface area (Å²) in [5.41, 5.74) is 2.19. The van der Waals surface area contributed by atoms with E-state index in [2.05, 4.69) is 10.2 Å². The van der Waals surface area contributed by atoms with Crippen LogP contribution in [0.5, 0.6) is 0 Å². The number of piperazine rings is 1. The van der Waals surface area contributed by atoms with E-state index in [1.54, 1.807) is 24.3 Å². The second-order valence-corrected chi connectivity index (χ2v) is 7.69. The number of carbonyl (C=O) groups is 3. The summed E-state index contributed by atoms with van der Waals surface area (Å²) in [6.45, 7) is 4.21. The van der Waals surface area contributed by atoms with Crippen molar-refractivity contribution in [2.75, 3.05) is 43.4 Å². The van der Waals surface area contributed by atoms with Gasteiger partial charge in [0, 0.05) is 38.8 Å². The molecule has 1 fully saturated rings. The Kier molecular flexibility index (Phi) is 5.56. The Morgan fingerprint density at radius 2 is 1.52 bits per heavy atom. The van der Waals surface area contributed by atoms with Gasteiger partial charge in [-0.05, 0) is 49.0 Å². The van der Waals surface area contributed by atoms with E-state index in [9.17, 15) is 18.8 Å². The van der Waals surface area contributed by atoms with Gasteiger partial charge in [0.05, 0.1) is 11.3 Å². The number of amides is 3. The first kappa shape index (κ1) is 20.7. The van der Waals surface area contributed by atoms with Crippen LogP contribution in [-0.4, -0.2) is 60.7 Å². The van der Waals surface area contributed by atoms with Crippen LogP contribution in [0.4, 0.5) is 15.8 Å². The van der Waals surface area contributed by atoms with Crippen molar-refractivity contribution in [3.63, 3.8) is 0 Å². The molecule has 160 valence electrons. The molecule has 8 heteroatoms. The zero-order chi connectivity index (χ0) is 22.1. The van der Waals surface area contributed by atoms with Crippen LogP contribution >= 0.6 is 0 Å². The molecule has 2 aliphatic rings. The van der Waals surface area contributed by atoms with E-state index in [4.69, 9.17) is 0 Å². The van der Waals surface area contributed by atoms with Crippen LogP contribution in [0, 0.1) is 5.82 Å². The van der Waals surface area contributed by atoms with Crippen LogP contribution in [0.2, 0.25) is 0 Å². The standard InChI is InChI=1S/C23H23FN4O3/c1-15(29)25-18-7-3-16(4-8-18)20-21(27-13-11-26(2)12-14-27)23(31)28(22(20)30)19-9-5-17(24)6-10-19/h3-10H,11-14H2,1-2H3,(H,25,29). The van der Waals surface area contributed by atoms with Gasteiger partial charge in [0.2, 0.25) is 5.91 Å². The van der Waals surface area contributed by atoms with E-state index in [1.165, 1.54) is 31.2 Å². The molecule has 7 nitrogen and oxygen atoms in total. The predicted octanol–water partition coefficient (Wildman–Crippen LogP) is 2.32. The summed E-state index contributed by atoms with van der Waals surface area (Å²) in [7, 11) is 2.01. The first-order valence-corrected chi connectivity index (χ1v) is 10.1. The van der Waals surface area contributed by atoms with Gasteiger partial charge in [0.1, 0.15) is 11.5 Å². The summed E-state index contributed by atoms with van der Waals surface area (Å²) in [4.78, 5) is 43.4. The molecule has 3 amide bonds. The third kappa shape index (κ3) is 4.06. The lowest BCUT2D eigenvalue weighted by atomic mass is 10.0. The molecule has 0 atom stereocenters. The topological polar surface area (TPSA) is 73.0 Å². The molecule has 31 heavy (non-hydrogen) atoms. The molecule has 0 unspecified atom stereocenters. The van der Waals surface area contributed by atoms with E-state index in [0.717, 1.165) is 18.0 Å². The van der Waals surface area contributed by atoms with Gasteiger partial charge in [-0.1, -0.05) is 12.1 Å². The number of benzene rings is 2. The summed E-state index contributed by atoms with van der Waals surface area (Å²) in [6.07, 6.45) is 0. The number of nitrogens with zero attached hydrogens (tertiary/aromatic N) is 3. The molecule has 0 aromatic heterocycles. The first-order valence-electron chi connectivity index (χ1n) is 10.1. The fourth-order valence-corrected chi connectivity index (χ4v) is 3.85. The average Bonchev–Trinajstić information content (AvgIpc) is 3.00. The maximum atomic E-state index is 13.4. The second-order valence-electron chi connectivity index (χ2n) is 7.69. The minimum atomic E-state index is -0.446. The summed E-state index contributed by atoms with van der Waals surface area (Å²) in [5.74, 6) is -1.50. The lowest BCUT2D eigenvalue weighted by Crippen LogP contribution is -2.46. The molecule has 0 aliphatic carbocycles. The van der Waals surface area contributed by atoms with Crippen molar-refractivity contribution >= 4 is 34.7 Å². The SMILES string of the molecule is CC(=O)Nc1ccc(C2=C(N3CCN(C)CC3)C(=O)N(c3ccc(F)cc3)C2=O)cc1. The van der Waals surface area contributed by atoms with Crippen molar-refractivity contribution in [3.05, 3.63) is 65.6 Å². The second kappa shape index (κ2) is 8.31. The number of hydrogen-bond donors (Lipinski definition) is 1. The summed E-state index contributed by atoms with van der Waals surface area (Å²) in [5, 5.41) is 2.69. The van der Waals surface area contributed by atoms with E-state index in [1.807, 2.05) is 11.9 Å². The number of carbonyl (C=O) groups excluding carboxylic acids is 3. The van der Waals surface area contributed by atoms with Gasteiger partial charge in [0.15, 0.2) is 0 Å². The highest BCUT2D eigenvalue weighted by atomic mass is 19.1. The Balaban J connectivity index is 1.76. The van der Waals surface area contributed by atoms with Crippen molar-refractivity contribution < 1.29 is 18.8 Å². The maximum absolute atomic E-state index is 13.4. The van der Waals surface area contributed by atoms with Crippen LogP contribution in [0.3, 0.4) is 0 Å². The zero-order valence-corrected chi connectivity index (χ0v) is 17.4. The number of hydrogen-bond acceptors (Lipinski definition) is 5. The third-order valence-electron chi connectivity index (χ3n) is 5.46. The molecule has 4 rings (SSSR count). The van der Waals surface area contributed by atoms with Crippen LogP contribution in [0.1, 0.15) is 12.5 Å². The van der Waals surface area contributed by atoms with Crippen molar-refractivity contribution in [3.8, 4) is 0 Å². The van der Waals surface area contributed by atoms with Crippen molar-refractivity contribution in [2.45, 2.75) is 6.92 Å². The van der Waals surface area contributed by atoms with Gasteiger partial charge in [-0.25, -0.2) is 9.29 Å². The van der Waals surface area contributed by atoms with Crippen LogP contribution < -0.4 is 10.2 Å². The molecule has 2 aromatic carbocycles. The number of halogens is 1. The molecular weight excluding hydrogens is 399 g/mol. The van der Waals surface area contributed by atoms with Crippen molar-refractivity contribution in [1.29, 1.82) is 0 Å². The zero-order valence-electron chi connectivity index (χ0n) is 17.4. The molecular formula is C23H23FN4O3. The van der Waals surface area contributed by atoms with Crippen LogP contribution in [0.25, 0.3) is 5.57 Å². The lowest BCUT2D eigenvalue weighted by Gasteiger charge is -2.34. The minimum Gasteiger partial charge on any atom is -0.364 e. The molecule has 2 aromatic rings. The number of nitrogens with one attached hydrogen (secondary N) is 1. The molecule has 0 radical (unpaired) electrons. The summed E-state index contributed by atoms with van der Waals surface area (Å²) >= 11 is 0. The summed E-state index contributed by atoms with van der Waals surface area (Å²) < 4.78 is 13.4. The van der Waals surface area contributed by atoms with Gasteiger partial charge in [-0.3, -0.25) is 14.4 Å². The molecule has 2 aliphatic heterocycles. The molecule has 0 spiro atoms. The van der Waals surface area contributed by atoms with Gasteiger partial charge in [-0.15, -0.1) is 0 Å². The Hall–Kier alpha value is -3.52. The molecule has 1 saturated heterocycles. The molecule has 2 heterocycles. The van der Waals surface area contributed by atoms with Gasteiger partial charge in [0.25, 0.3) is 11.8 Å². The van der Waals surface area contributed by atoms with E-state index < -0.39 is 17.6 Å². The smallest absolute Gasteiger partial charge is 0.282 e. The molecule has 0 bridgehead atoms. The highest BCUT2D eigenvalue weighted by Crippen LogP contribution is 2.35. The third-order valence-corrected chi connectivity index (χ3v) is 5.46. The quantitative estimate of drug-likeness (QED) is 0.766. The highest BCUT2D eigenvalue weighted by Gasteiger charge is 2.42. The van der Waals surface area contributed by atoms with Gasteiger partial charge in [-0.2, -0.15) is 0 Å². The van der Waals surface area contributed by atoms with Gasteiger partial charge < -0.3 is 15.1 Å². The number of rotatable bonds is 4. The van der Waals surface area contributed by atoms with Crippen LogP contribution in [0.15, 0.2) is 54.2 Å². The normalized spacial score (nSPS) is 17.5. The number of anilines is 2. The summed E-state index contributed by atoms with van der Waals surface area (Å²) in [6, 6.07) is 12.1. The fraction of sp³-hybridized carbons (Fsp3) is 0.261. The Labute approximate surface area is 179 Å². The van der Waals surface area contributed by atoms with Crippen molar-refractivity contribution in [2.24, 2.45) is 0 Å². The Bertz CT molecular complexity index is 1060. The van der Waals surface area contributed by atoms with Crippen molar-refractivity contribution in [1.82, 2.24) is 9.80 Å². The van der Waals surface area contributed by atoms with E-state index in [-0.39, 0.29) is 5.91 Å². The Morgan fingerprint density at radius 3 is 2.10 bits per heavy atom. The predicted molar refractivity (Wildman–Crippen MR) is 116 cm³/mol. The van der Waals surface area contributed by atoms with Crippen LogP contribution in [-0.2, 0) is 14.4 Å². The largest absolute Gasteiger partial charge is 0.364 e. The molecule has 0 saturated carbocycles. The van der Waals surface area contributed by atoms with Gasteiger partial charge >= 0.3 is 0 Å². The van der Waals surface area contributed by atoms with E-state index >= 15 is 0 Å². The lowest BCUT2D eigenvalue weighted by molar-refractivity contribution is -0.121. The monoisotopic (exact) mass is 422 g/mol. The first-order chi connectivity index (χ1) is 14.8. The Morgan fingerprint density at radius 1 is 0.903 bits per heavy atom. The number of imide groups is 1. The highest BCUT2D eigenvalue weighted by molar-refractivity contribution is 6.45. The minimum absolute atomic E-state index is 0.195.